The summed E-state index contributed by atoms with van der Waals surface area (Å²) in [7, 11) is 0. The van der Waals surface area contributed by atoms with Crippen molar-refractivity contribution in [2.45, 2.75) is 45.3 Å². The molecule has 2 aliphatic carbocycles. The molecule has 1 aromatic heterocycles. The number of carbonyl (C=O) groups is 2. The van der Waals surface area contributed by atoms with E-state index in [-0.39, 0.29) is 24.2 Å². The van der Waals surface area contributed by atoms with Gasteiger partial charge >= 0.3 is 5.97 Å². The first-order valence-electron chi connectivity index (χ1n) is 6.30. The lowest BCUT2D eigenvalue weighted by Crippen LogP contribution is -2.27. The van der Waals surface area contributed by atoms with Gasteiger partial charge in [0.05, 0.1) is 0 Å². The van der Waals surface area contributed by atoms with Gasteiger partial charge < -0.3 is 4.74 Å². The Labute approximate surface area is 115 Å². The molecule has 2 atom stereocenters. The summed E-state index contributed by atoms with van der Waals surface area (Å²) in [6, 6.07) is 0. The molecule has 1 fully saturated rings. The Hall–Kier alpha value is -1.36. The highest BCUT2D eigenvalue weighted by Gasteiger charge is 2.55. The maximum absolute atomic E-state index is 11.9. The van der Waals surface area contributed by atoms with E-state index < -0.39 is 11.6 Å². The molecular weight excluding hydrogens is 268 g/mol. The second kappa shape index (κ2) is 3.82. The van der Waals surface area contributed by atoms with Crippen LogP contribution in [-0.4, -0.2) is 27.1 Å². The highest BCUT2D eigenvalue weighted by atomic mass is 35.5. The van der Waals surface area contributed by atoms with Crippen molar-refractivity contribution in [1.29, 1.82) is 0 Å². The Morgan fingerprint density at radius 1 is 1.47 bits per heavy atom. The minimum atomic E-state index is -0.545. The predicted molar refractivity (Wildman–Crippen MR) is 68.3 cm³/mol. The van der Waals surface area contributed by atoms with E-state index in [1.165, 1.54) is 4.68 Å². The van der Waals surface area contributed by atoms with Gasteiger partial charge in [0.15, 0.2) is 5.78 Å². The van der Waals surface area contributed by atoms with Gasteiger partial charge in [-0.3, -0.25) is 9.59 Å². The van der Waals surface area contributed by atoms with Crippen molar-refractivity contribution < 1.29 is 14.3 Å². The number of halogens is 1. The average molecular weight is 283 g/mol. The highest BCUT2D eigenvalue weighted by Crippen LogP contribution is 2.57. The molecule has 0 radical (unpaired) electrons. The summed E-state index contributed by atoms with van der Waals surface area (Å²) < 4.78 is 6.59. The molecule has 0 aliphatic heterocycles. The quantitative estimate of drug-likeness (QED) is 0.780. The van der Waals surface area contributed by atoms with E-state index in [1.54, 1.807) is 20.8 Å². The van der Waals surface area contributed by atoms with Crippen LogP contribution in [0, 0.1) is 5.92 Å². The zero-order valence-corrected chi connectivity index (χ0v) is 11.8. The standard InChI is InChI=1S/C13H15ClN2O3/c1-13(2,3)19-8(17)5-16-12(14)9-6-4-7(6)11(18)10(9)15-16/h6-7H,4-5H2,1-3H3. The van der Waals surface area contributed by atoms with E-state index >= 15 is 0 Å². The molecule has 0 aromatic carbocycles. The third-order valence-electron chi connectivity index (χ3n) is 3.35. The second-order valence-corrected chi connectivity index (χ2v) is 6.47. The molecule has 5 nitrogen and oxygen atoms in total. The van der Waals surface area contributed by atoms with Gasteiger partial charge in [0.2, 0.25) is 0 Å². The molecular formula is C13H15ClN2O3. The van der Waals surface area contributed by atoms with Crippen molar-refractivity contribution in [2.24, 2.45) is 5.92 Å². The Bertz CT molecular complexity index is 585. The molecule has 0 spiro atoms. The van der Waals surface area contributed by atoms with Crippen LogP contribution in [0.4, 0.5) is 0 Å². The largest absolute Gasteiger partial charge is 0.459 e. The molecule has 0 N–H and O–H groups in total. The SMILES string of the molecule is CC(C)(C)OC(=O)Cn1nc2c(c1Cl)C1CC1C2=O. The van der Waals surface area contributed by atoms with Crippen molar-refractivity contribution >= 4 is 23.4 Å². The van der Waals surface area contributed by atoms with Gasteiger partial charge in [-0.1, -0.05) is 11.6 Å². The molecule has 1 saturated carbocycles. The van der Waals surface area contributed by atoms with Crippen molar-refractivity contribution in [3.63, 3.8) is 0 Å². The first-order chi connectivity index (χ1) is 8.78. The summed E-state index contributed by atoms with van der Waals surface area (Å²) in [4.78, 5) is 23.6. The van der Waals surface area contributed by atoms with E-state index in [0.717, 1.165) is 12.0 Å². The van der Waals surface area contributed by atoms with Gasteiger partial charge in [0, 0.05) is 17.4 Å². The molecule has 1 aromatic rings. The zero-order chi connectivity index (χ0) is 13.9. The van der Waals surface area contributed by atoms with E-state index in [2.05, 4.69) is 5.10 Å². The van der Waals surface area contributed by atoms with E-state index in [0.29, 0.717) is 10.8 Å². The average Bonchev–Trinajstić information content (AvgIpc) is 2.90. The predicted octanol–water partition coefficient (Wildman–Crippen LogP) is 2.18. The molecule has 19 heavy (non-hydrogen) atoms. The first-order valence-corrected chi connectivity index (χ1v) is 6.68. The van der Waals surface area contributed by atoms with Gasteiger partial charge in [-0.25, -0.2) is 4.68 Å². The third-order valence-corrected chi connectivity index (χ3v) is 3.75. The molecule has 0 saturated heterocycles. The molecule has 3 rings (SSSR count). The number of Topliss-reactive ketones (excluding diaryl/α,β-unsaturated/α-hetero) is 1. The summed E-state index contributed by atoms with van der Waals surface area (Å²) in [5.41, 5.74) is 0.714. The van der Waals surface area contributed by atoms with Gasteiger partial charge in [-0.05, 0) is 27.2 Å². The topological polar surface area (TPSA) is 61.2 Å². The zero-order valence-electron chi connectivity index (χ0n) is 11.1. The Morgan fingerprint density at radius 2 is 2.16 bits per heavy atom. The number of hydrogen-bond acceptors (Lipinski definition) is 4. The molecule has 2 aliphatic rings. The maximum atomic E-state index is 11.9. The normalized spacial score (nSPS) is 24.1. The number of rotatable bonds is 2. The lowest BCUT2D eigenvalue weighted by Gasteiger charge is -2.19. The number of ketones is 1. The summed E-state index contributed by atoms with van der Waals surface area (Å²) in [5.74, 6) is -0.0335. The van der Waals surface area contributed by atoms with Crippen molar-refractivity contribution in [2.75, 3.05) is 0 Å². The van der Waals surface area contributed by atoms with Crippen LogP contribution in [0.3, 0.4) is 0 Å². The molecule has 0 bridgehead atoms. The van der Waals surface area contributed by atoms with Crippen LogP contribution in [0.15, 0.2) is 0 Å². The summed E-state index contributed by atoms with van der Waals surface area (Å²) in [6.07, 6.45) is 0.865. The maximum Gasteiger partial charge on any atom is 0.328 e. The second-order valence-electron chi connectivity index (χ2n) is 6.11. The van der Waals surface area contributed by atoms with Crippen molar-refractivity contribution in [1.82, 2.24) is 9.78 Å². The number of ether oxygens (including phenoxy) is 1. The van der Waals surface area contributed by atoms with Gasteiger partial charge in [0.1, 0.15) is 23.0 Å². The Morgan fingerprint density at radius 3 is 2.74 bits per heavy atom. The van der Waals surface area contributed by atoms with E-state index in [4.69, 9.17) is 16.3 Å². The number of carbonyl (C=O) groups excluding carboxylic acids is 2. The Balaban J connectivity index is 1.81. The molecule has 2 unspecified atom stereocenters. The fourth-order valence-corrected chi connectivity index (χ4v) is 2.87. The fourth-order valence-electron chi connectivity index (χ4n) is 2.55. The molecule has 6 heteroatoms. The van der Waals surface area contributed by atoms with Crippen LogP contribution in [0.25, 0.3) is 0 Å². The molecule has 102 valence electrons. The number of aromatic nitrogens is 2. The van der Waals surface area contributed by atoms with Crippen molar-refractivity contribution in [3.05, 3.63) is 16.4 Å². The van der Waals surface area contributed by atoms with Gasteiger partial charge in [-0.2, -0.15) is 5.10 Å². The van der Waals surface area contributed by atoms with E-state index in [1.807, 2.05) is 0 Å². The van der Waals surface area contributed by atoms with Crippen LogP contribution in [0.2, 0.25) is 5.15 Å². The first kappa shape index (κ1) is 12.7. The minimum Gasteiger partial charge on any atom is -0.459 e. The van der Waals surface area contributed by atoms with Crippen LogP contribution >= 0.6 is 11.6 Å². The van der Waals surface area contributed by atoms with Crippen LogP contribution in [0.5, 0.6) is 0 Å². The van der Waals surface area contributed by atoms with Gasteiger partial charge in [-0.15, -0.1) is 0 Å². The van der Waals surface area contributed by atoms with E-state index in [9.17, 15) is 9.59 Å². The Kier molecular flexibility index (Phi) is 2.55. The number of esters is 1. The summed E-state index contributed by atoms with van der Waals surface area (Å²) in [6.45, 7) is 5.34. The lowest BCUT2D eigenvalue weighted by atomic mass is 10.2. The monoisotopic (exact) mass is 282 g/mol. The fraction of sp³-hybridized carbons (Fsp3) is 0.615. The summed E-state index contributed by atoms with van der Waals surface area (Å²) >= 11 is 6.21. The number of nitrogens with zero attached hydrogens (tertiary/aromatic N) is 2. The summed E-state index contributed by atoms with van der Waals surface area (Å²) in [5, 5.41) is 4.56. The number of hydrogen-bond donors (Lipinski definition) is 0. The van der Waals surface area contributed by atoms with Crippen LogP contribution in [0.1, 0.15) is 49.2 Å². The van der Waals surface area contributed by atoms with Crippen molar-refractivity contribution in [3.8, 4) is 0 Å². The molecule has 0 amide bonds. The van der Waals surface area contributed by atoms with Crippen LogP contribution < -0.4 is 0 Å². The number of fused-ring (bicyclic) bond motifs is 3. The molecule has 1 heterocycles. The third kappa shape index (κ3) is 2.06. The highest BCUT2D eigenvalue weighted by molar-refractivity contribution is 6.31. The van der Waals surface area contributed by atoms with Gasteiger partial charge in [0.25, 0.3) is 0 Å². The smallest absolute Gasteiger partial charge is 0.328 e. The lowest BCUT2D eigenvalue weighted by molar-refractivity contribution is -0.155. The minimum absolute atomic E-state index is 0.0600. The van der Waals surface area contributed by atoms with Crippen LogP contribution in [-0.2, 0) is 16.1 Å².